The number of hydrogen-bond donors (Lipinski definition) is 1. The normalized spacial score (nSPS) is 12.1. The van der Waals surface area contributed by atoms with Crippen molar-refractivity contribution in [2.75, 3.05) is 19.6 Å². The van der Waals surface area contributed by atoms with Crippen LogP contribution in [0.25, 0.3) is 0 Å². The number of benzene rings is 1. The molecule has 2 aromatic rings. The summed E-state index contributed by atoms with van der Waals surface area (Å²) >= 11 is 0. The summed E-state index contributed by atoms with van der Waals surface area (Å²) in [5.74, 6) is -0.156. The molecule has 1 heterocycles. The Morgan fingerprint density at radius 3 is 2.38 bits per heavy atom. The Morgan fingerprint density at radius 1 is 1.08 bits per heavy atom. The van der Waals surface area contributed by atoms with Crippen LogP contribution in [0.4, 0.5) is 0 Å². The molecule has 0 aliphatic heterocycles. The fraction of sp³-hybridized carbons (Fsp3) is 0.368. The number of likely N-dealkylation sites (N-methyl/N-ethyl adjacent to an activating group) is 1. The molecule has 5 nitrogen and oxygen atoms in total. The summed E-state index contributed by atoms with van der Waals surface area (Å²) in [5.41, 5.74) is 1.01. The molecule has 0 radical (unpaired) electrons. The van der Waals surface area contributed by atoms with E-state index < -0.39 is 0 Å². The summed E-state index contributed by atoms with van der Waals surface area (Å²) in [7, 11) is 0. The molecule has 0 saturated heterocycles. The molecule has 1 atom stereocenters. The SMILES string of the molecule is CCN(CC)C(CNC(=O)Cn1ccccc1=O)c1ccccc1. The third-order valence-electron chi connectivity index (χ3n) is 4.14. The number of aromatic nitrogens is 1. The number of rotatable bonds is 8. The van der Waals surface area contributed by atoms with Gasteiger partial charge < -0.3 is 9.88 Å². The van der Waals surface area contributed by atoms with E-state index in [1.807, 2.05) is 18.2 Å². The molecule has 128 valence electrons. The summed E-state index contributed by atoms with van der Waals surface area (Å²) < 4.78 is 1.41. The minimum atomic E-state index is -0.170. The Hall–Kier alpha value is -2.40. The third kappa shape index (κ3) is 4.80. The Balaban J connectivity index is 2.03. The van der Waals surface area contributed by atoms with Gasteiger partial charge in [-0.3, -0.25) is 14.5 Å². The second kappa shape index (κ2) is 9.03. The van der Waals surface area contributed by atoms with Crippen LogP contribution in [-0.2, 0) is 11.3 Å². The van der Waals surface area contributed by atoms with Crippen molar-refractivity contribution in [3.05, 3.63) is 70.6 Å². The summed E-state index contributed by atoms with van der Waals surface area (Å²) in [6.45, 7) is 6.61. The van der Waals surface area contributed by atoms with Gasteiger partial charge in [0.25, 0.3) is 5.56 Å². The number of hydrogen-bond acceptors (Lipinski definition) is 3. The maximum Gasteiger partial charge on any atom is 0.250 e. The van der Waals surface area contributed by atoms with Gasteiger partial charge in [0, 0.05) is 18.8 Å². The van der Waals surface area contributed by atoms with Crippen molar-refractivity contribution in [3.8, 4) is 0 Å². The lowest BCUT2D eigenvalue weighted by molar-refractivity contribution is -0.122. The van der Waals surface area contributed by atoms with Gasteiger partial charge in [0.1, 0.15) is 6.54 Å². The highest BCUT2D eigenvalue weighted by molar-refractivity contribution is 5.75. The van der Waals surface area contributed by atoms with Gasteiger partial charge in [0.2, 0.25) is 5.91 Å². The molecule has 0 saturated carbocycles. The second-order valence-corrected chi connectivity index (χ2v) is 5.62. The average molecular weight is 327 g/mol. The van der Waals surface area contributed by atoms with Gasteiger partial charge in [-0.25, -0.2) is 0 Å². The molecule has 5 heteroatoms. The highest BCUT2D eigenvalue weighted by atomic mass is 16.2. The highest BCUT2D eigenvalue weighted by Crippen LogP contribution is 2.19. The van der Waals surface area contributed by atoms with Crippen LogP contribution in [0, 0.1) is 0 Å². The van der Waals surface area contributed by atoms with E-state index in [4.69, 9.17) is 0 Å². The van der Waals surface area contributed by atoms with Gasteiger partial charge in [-0.15, -0.1) is 0 Å². The van der Waals surface area contributed by atoms with Crippen molar-refractivity contribution in [1.29, 1.82) is 0 Å². The molecule has 0 spiro atoms. The molecule has 0 aliphatic carbocycles. The lowest BCUT2D eigenvalue weighted by Gasteiger charge is -2.30. The number of pyridine rings is 1. The zero-order chi connectivity index (χ0) is 17.4. The molecular weight excluding hydrogens is 302 g/mol. The Labute approximate surface area is 142 Å². The predicted molar refractivity (Wildman–Crippen MR) is 95.8 cm³/mol. The van der Waals surface area contributed by atoms with E-state index >= 15 is 0 Å². The first-order valence-corrected chi connectivity index (χ1v) is 8.36. The molecule has 0 bridgehead atoms. The van der Waals surface area contributed by atoms with Crippen LogP contribution in [0.1, 0.15) is 25.5 Å². The number of nitrogens with one attached hydrogen (secondary N) is 1. The molecule has 1 amide bonds. The van der Waals surface area contributed by atoms with Crippen molar-refractivity contribution >= 4 is 5.91 Å². The molecule has 1 aromatic carbocycles. The molecule has 1 N–H and O–H groups in total. The van der Waals surface area contributed by atoms with Gasteiger partial charge >= 0.3 is 0 Å². The lowest BCUT2D eigenvalue weighted by Crippen LogP contribution is -2.40. The smallest absolute Gasteiger partial charge is 0.250 e. The fourth-order valence-electron chi connectivity index (χ4n) is 2.81. The van der Waals surface area contributed by atoms with E-state index in [1.165, 1.54) is 16.2 Å². The van der Waals surface area contributed by atoms with E-state index in [9.17, 15) is 9.59 Å². The number of nitrogens with zero attached hydrogens (tertiary/aromatic N) is 2. The van der Waals surface area contributed by atoms with Crippen LogP contribution in [0.5, 0.6) is 0 Å². The monoisotopic (exact) mass is 327 g/mol. The fourth-order valence-corrected chi connectivity index (χ4v) is 2.81. The maximum absolute atomic E-state index is 12.2. The Bertz CT molecular complexity index is 693. The second-order valence-electron chi connectivity index (χ2n) is 5.62. The zero-order valence-electron chi connectivity index (χ0n) is 14.3. The van der Waals surface area contributed by atoms with E-state index in [-0.39, 0.29) is 24.1 Å². The van der Waals surface area contributed by atoms with E-state index in [1.54, 1.807) is 18.3 Å². The van der Waals surface area contributed by atoms with Crippen LogP contribution in [0.3, 0.4) is 0 Å². The van der Waals surface area contributed by atoms with Crippen LogP contribution < -0.4 is 10.9 Å². The third-order valence-corrected chi connectivity index (χ3v) is 4.14. The quantitative estimate of drug-likeness (QED) is 0.807. The van der Waals surface area contributed by atoms with Crippen molar-refractivity contribution in [2.24, 2.45) is 0 Å². The maximum atomic E-state index is 12.2. The van der Waals surface area contributed by atoms with Gasteiger partial charge in [-0.2, -0.15) is 0 Å². The average Bonchev–Trinajstić information content (AvgIpc) is 2.61. The molecule has 1 aromatic heterocycles. The van der Waals surface area contributed by atoms with Crippen LogP contribution in [0.15, 0.2) is 59.5 Å². The van der Waals surface area contributed by atoms with Gasteiger partial charge in [-0.1, -0.05) is 50.2 Å². The van der Waals surface area contributed by atoms with Crippen LogP contribution >= 0.6 is 0 Å². The molecule has 0 fully saturated rings. The number of carbonyl (C=O) groups is 1. The van der Waals surface area contributed by atoms with Crippen molar-refractivity contribution < 1.29 is 4.79 Å². The first kappa shape index (κ1) is 17.9. The largest absolute Gasteiger partial charge is 0.353 e. The van der Waals surface area contributed by atoms with Crippen molar-refractivity contribution in [3.63, 3.8) is 0 Å². The van der Waals surface area contributed by atoms with Crippen LogP contribution in [0.2, 0.25) is 0 Å². The summed E-state index contributed by atoms with van der Waals surface area (Å²) in [6.07, 6.45) is 1.63. The molecule has 24 heavy (non-hydrogen) atoms. The number of carbonyl (C=O) groups excluding carboxylic acids is 1. The minimum Gasteiger partial charge on any atom is -0.353 e. The highest BCUT2D eigenvalue weighted by Gasteiger charge is 2.18. The Kier molecular flexibility index (Phi) is 6.75. The van der Waals surface area contributed by atoms with Crippen molar-refractivity contribution in [2.45, 2.75) is 26.4 Å². The standard InChI is InChI=1S/C19H25N3O2/c1-3-21(4-2)17(16-10-6-5-7-11-16)14-20-18(23)15-22-13-9-8-12-19(22)24/h5-13,17H,3-4,14-15H2,1-2H3,(H,20,23). The predicted octanol–water partition coefficient (Wildman–Crippen LogP) is 2.05. The minimum absolute atomic E-state index is 0.0411. The number of amides is 1. The molecule has 1 unspecified atom stereocenters. The van der Waals surface area contributed by atoms with E-state index in [0.717, 1.165) is 13.1 Å². The van der Waals surface area contributed by atoms with E-state index in [2.05, 4.69) is 36.2 Å². The van der Waals surface area contributed by atoms with Crippen molar-refractivity contribution in [1.82, 2.24) is 14.8 Å². The molecular formula is C19H25N3O2. The molecule has 0 aliphatic rings. The topological polar surface area (TPSA) is 54.3 Å². The first-order valence-electron chi connectivity index (χ1n) is 8.36. The molecule has 2 rings (SSSR count). The Morgan fingerprint density at radius 2 is 1.75 bits per heavy atom. The zero-order valence-corrected chi connectivity index (χ0v) is 14.3. The summed E-state index contributed by atoms with van der Waals surface area (Å²) in [6, 6.07) is 15.2. The van der Waals surface area contributed by atoms with E-state index in [0.29, 0.717) is 6.54 Å². The van der Waals surface area contributed by atoms with Gasteiger partial charge in [0.15, 0.2) is 0 Å². The van der Waals surface area contributed by atoms with Crippen LogP contribution in [-0.4, -0.2) is 35.0 Å². The lowest BCUT2D eigenvalue weighted by atomic mass is 10.1. The first-order chi connectivity index (χ1) is 11.7. The van der Waals surface area contributed by atoms with Gasteiger partial charge in [0.05, 0.1) is 6.04 Å². The summed E-state index contributed by atoms with van der Waals surface area (Å²) in [4.78, 5) is 26.2. The summed E-state index contributed by atoms with van der Waals surface area (Å²) in [5, 5.41) is 2.97. The van der Waals surface area contributed by atoms with Gasteiger partial charge in [-0.05, 0) is 24.7 Å².